The van der Waals surface area contributed by atoms with E-state index in [9.17, 15) is 4.79 Å². The van der Waals surface area contributed by atoms with Crippen LogP contribution in [0, 0.1) is 0 Å². The van der Waals surface area contributed by atoms with E-state index in [1.807, 2.05) is 0 Å². The first kappa shape index (κ1) is 16.8. The first-order valence-corrected chi connectivity index (χ1v) is 6.67. The lowest BCUT2D eigenvalue weighted by molar-refractivity contribution is 0.0945. The molecule has 0 aliphatic rings. The molecule has 0 unspecified atom stereocenters. The minimum atomic E-state index is -0.386. The molecule has 1 aromatic rings. The van der Waals surface area contributed by atoms with Crippen LogP contribution in [0.4, 0.5) is 4.79 Å². The number of nitrogens with one attached hydrogen (secondary N) is 2. The highest BCUT2D eigenvalue weighted by molar-refractivity contribution is 6.35. The van der Waals surface area contributed by atoms with Gasteiger partial charge in [0.2, 0.25) is 0 Å². The summed E-state index contributed by atoms with van der Waals surface area (Å²) in [6, 6.07) is 4.42. The van der Waals surface area contributed by atoms with E-state index >= 15 is 0 Å². The van der Waals surface area contributed by atoms with Gasteiger partial charge in [-0.2, -0.15) is 0 Å². The summed E-state index contributed by atoms with van der Waals surface area (Å²) in [6.07, 6.45) is 0. The van der Waals surface area contributed by atoms with Crippen LogP contribution >= 0.6 is 23.2 Å². The fourth-order valence-electron chi connectivity index (χ4n) is 1.24. The van der Waals surface area contributed by atoms with Crippen LogP contribution in [-0.2, 0) is 4.74 Å². The number of rotatable bonds is 8. The van der Waals surface area contributed by atoms with E-state index in [2.05, 4.69) is 10.6 Å². The van der Waals surface area contributed by atoms with Crippen LogP contribution in [0.25, 0.3) is 0 Å². The van der Waals surface area contributed by atoms with E-state index in [1.165, 1.54) is 0 Å². The summed E-state index contributed by atoms with van der Waals surface area (Å²) in [6.45, 7) is 0.861. The van der Waals surface area contributed by atoms with Gasteiger partial charge in [0.25, 0.3) is 0 Å². The molecule has 0 bridgehead atoms. The van der Waals surface area contributed by atoms with Gasteiger partial charge in [-0.25, -0.2) is 4.79 Å². The Morgan fingerprint density at radius 3 is 2.75 bits per heavy atom. The average Bonchev–Trinajstić information content (AvgIpc) is 2.41. The lowest BCUT2D eigenvalue weighted by Gasteiger charge is -2.10. The quantitative estimate of drug-likeness (QED) is 0.502. The van der Waals surface area contributed by atoms with Crippen molar-refractivity contribution in [3.63, 3.8) is 0 Å². The maximum atomic E-state index is 11.3. The standard InChI is InChI=1S/C12H16Cl2N2O4/c13-9-1-2-11(10(14)7-9)20-8-16-12(18)15-3-5-19-6-4-17/h1-2,7,17H,3-6,8H2,(H2,15,16,18). The number of halogens is 2. The molecule has 0 aliphatic heterocycles. The van der Waals surface area contributed by atoms with Crippen LogP contribution < -0.4 is 15.4 Å². The first-order chi connectivity index (χ1) is 9.63. The number of amides is 2. The van der Waals surface area contributed by atoms with Gasteiger partial charge in [0.1, 0.15) is 5.75 Å². The molecule has 2 amide bonds. The van der Waals surface area contributed by atoms with Gasteiger partial charge in [-0.15, -0.1) is 0 Å². The monoisotopic (exact) mass is 322 g/mol. The zero-order valence-electron chi connectivity index (χ0n) is 10.7. The number of benzene rings is 1. The molecular formula is C12H16Cl2N2O4. The van der Waals surface area contributed by atoms with Crippen molar-refractivity contribution in [3.05, 3.63) is 28.2 Å². The topological polar surface area (TPSA) is 79.8 Å². The number of hydrogen-bond acceptors (Lipinski definition) is 4. The molecule has 0 radical (unpaired) electrons. The van der Waals surface area contributed by atoms with E-state index in [1.54, 1.807) is 18.2 Å². The smallest absolute Gasteiger partial charge is 0.317 e. The summed E-state index contributed by atoms with van der Waals surface area (Å²) in [4.78, 5) is 11.3. The average molecular weight is 323 g/mol. The van der Waals surface area contributed by atoms with Crippen LogP contribution in [0.3, 0.4) is 0 Å². The number of carbonyl (C=O) groups is 1. The van der Waals surface area contributed by atoms with Gasteiger partial charge in [-0.05, 0) is 18.2 Å². The second-order valence-corrected chi connectivity index (χ2v) is 4.48. The van der Waals surface area contributed by atoms with Crippen molar-refractivity contribution in [2.45, 2.75) is 0 Å². The Labute approximate surface area is 127 Å². The Kier molecular flexibility index (Phi) is 8.13. The fraction of sp³-hybridized carbons (Fsp3) is 0.417. The minimum absolute atomic E-state index is 0.0231. The van der Waals surface area contributed by atoms with Crippen molar-refractivity contribution in [3.8, 4) is 5.75 Å². The predicted octanol–water partition coefficient (Wildman–Crippen LogP) is 1.64. The zero-order chi connectivity index (χ0) is 14.8. The molecule has 0 saturated heterocycles. The summed E-state index contributed by atoms with van der Waals surface area (Å²) in [5, 5.41) is 14.4. The van der Waals surface area contributed by atoms with E-state index in [0.29, 0.717) is 28.9 Å². The molecule has 8 heteroatoms. The summed E-state index contributed by atoms with van der Waals surface area (Å²) in [5.74, 6) is 0.433. The van der Waals surface area contributed by atoms with Gasteiger partial charge >= 0.3 is 6.03 Å². The van der Waals surface area contributed by atoms with Gasteiger partial charge in [-0.3, -0.25) is 0 Å². The molecule has 1 rings (SSSR count). The molecule has 6 nitrogen and oxygen atoms in total. The number of hydrogen-bond donors (Lipinski definition) is 3. The highest BCUT2D eigenvalue weighted by atomic mass is 35.5. The third-order valence-electron chi connectivity index (χ3n) is 2.12. The molecule has 0 aromatic heterocycles. The second-order valence-electron chi connectivity index (χ2n) is 3.63. The molecule has 1 aromatic carbocycles. The van der Waals surface area contributed by atoms with Crippen LogP contribution in [0.1, 0.15) is 0 Å². The van der Waals surface area contributed by atoms with E-state index < -0.39 is 0 Å². The van der Waals surface area contributed by atoms with Crippen molar-refractivity contribution in [2.24, 2.45) is 0 Å². The summed E-state index contributed by atoms with van der Waals surface area (Å²) < 4.78 is 10.3. The molecule has 0 atom stereocenters. The second kappa shape index (κ2) is 9.66. The van der Waals surface area contributed by atoms with Crippen molar-refractivity contribution < 1.29 is 19.4 Å². The van der Waals surface area contributed by atoms with Gasteiger partial charge in [-0.1, -0.05) is 23.2 Å². The Bertz CT molecular complexity index is 432. The van der Waals surface area contributed by atoms with Crippen LogP contribution in [0.15, 0.2) is 18.2 Å². The Balaban J connectivity index is 2.15. The van der Waals surface area contributed by atoms with Crippen molar-refractivity contribution in [2.75, 3.05) is 33.1 Å². The molecule has 3 N–H and O–H groups in total. The molecule has 0 saturated carbocycles. The largest absolute Gasteiger partial charge is 0.472 e. The Morgan fingerprint density at radius 1 is 1.25 bits per heavy atom. The highest BCUT2D eigenvalue weighted by Crippen LogP contribution is 2.27. The highest BCUT2D eigenvalue weighted by Gasteiger charge is 2.03. The number of aliphatic hydroxyl groups is 1. The first-order valence-electron chi connectivity index (χ1n) is 5.91. The molecule has 0 aliphatic carbocycles. The van der Waals surface area contributed by atoms with Crippen molar-refractivity contribution >= 4 is 29.2 Å². The third-order valence-corrected chi connectivity index (χ3v) is 2.65. The molecule has 0 spiro atoms. The Hall–Kier alpha value is -1.21. The lowest BCUT2D eigenvalue weighted by atomic mass is 10.3. The van der Waals surface area contributed by atoms with Gasteiger partial charge in [0.05, 0.1) is 24.8 Å². The summed E-state index contributed by atoms with van der Waals surface area (Å²) in [7, 11) is 0. The fourth-order valence-corrected chi connectivity index (χ4v) is 1.70. The van der Waals surface area contributed by atoms with E-state index in [4.69, 9.17) is 37.8 Å². The molecular weight excluding hydrogens is 307 g/mol. The van der Waals surface area contributed by atoms with Gasteiger partial charge < -0.3 is 25.2 Å². The van der Waals surface area contributed by atoms with E-state index in [0.717, 1.165) is 0 Å². The van der Waals surface area contributed by atoms with E-state index in [-0.39, 0.29) is 26.0 Å². The molecule has 0 fully saturated rings. The SMILES string of the molecule is O=C(NCCOCCO)NCOc1ccc(Cl)cc1Cl. The number of ether oxygens (including phenoxy) is 2. The third kappa shape index (κ3) is 6.81. The van der Waals surface area contributed by atoms with Gasteiger partial charge in [0, 0.05) is 11.6 Å². The van der Waals surface area contributed by atoms with Crippen molar-refractivity contribution in [1.82, 2.24) is 10.6 Å². The maximum absolute atomic E-state index is 11.3. The number of carbonyl (C=O) groups excluding carboxylic acids is 1. The lowest BCUT2D eigenvalue weighted by Crippen LogP contribution is -2.39. The summed E-state index contributed by atoms with van der Waals surface area (Å²) >= 11 is 11.6. The maximum Gasteiger partial charge on any atom is 0.317 e. The normalized spacial score (nSPS) is 10.2. The van der Waals surface area contributed by atoms with Crippen LogP contribution in [-0.4, -0.2) is 44.2 Å². The minimum Gasteiger partial charge on any atom is -0.472 e. The van der Waals surface area contributed by atoms with Crippen molar-refractivity contribution in [1.29, 1.82) is 0 Å². The molecule has 112 valence electrons. The zero-order valence-corrected chi connectivity index (χ0v) is 12.2. The predicted molar refractivity (Wildman–Crippen MR) is 76.4 cm³/mol. The van der Waals surface area contributed by atoms with Crippen LogP contribution in [0.5, 0.6) is 5.75 Å². The van der Waals surface area contributed by atoms with Gasteiger partial charge in [0.15, 0.2) is 6.73 Å². The Morgan fingerprint density at radius 2 is 2.05 bits per heavy atom. The molecule has 20 heavy (non-hydrogen) atoms. The number of urea groups is 1. The molecule has 0 heterocycles. The van der Waals surface area contributed by atoms with Crippen LogP contribution in [0.2, 0.25) is 10.0 Å². The number of aliphatic hydroxyl groups excluding tert-OH is 1. The summed E-state index contributed by atoms with van der Waals surface area (Å²) in [5.41, 5.74) is 0.